The van der Waals surface area contributed by atoms with Crippen LogP contribution in [0, 0.1) is 0 Å². The number of hydrogen-bond donors (Lipinski definition) is 1. The van der Waals surface area contributed by atoms with Crippen molar-refractivity contribution in [2.45, 2.75) is 25.9 Å². The summed E-state index contributed by atoms with van der Waals surface area (Å²) < 4.78 is 26.8. The van der Waals surface area contributed by atoms with Crippen LogP contribution in [0.5, 0.6) is 0 Å². The van der Waals surface area contributed by atoms with Gasteiger partial charge in [0.05, 0.1) is 11.9 Å². The Hall–Kier alpha value is -1.81. The van der Waals surface area contributed by atoms with Gasteiger partial charge in [0.1, 0.15) is 12.6 Å². The van der Waals surface area contributed by atoms with Crippen LogP contribution in [-0.4, -0.2) is 51.0 Å². The van der Waals surface area contributed by atoms with Crippen molar-refractivity contribution < 1.29 is 18.0 Å². The molecule has 0 radical (unpaired) electrons. The number of nitrogens with one attached hydrogen (secondary N) is 1. The van der Waals surface area contributed by atoms with Crippen LogP contribution < -0.4 is 9.62 Å². The van der Waals surface area contributed by atoms with Crippen molar-refractivity contribution in [3.8, 4) is 0 Å². The lowest BCUT2D eigenvalue weighted by atomic mass is 10.1. The number of halogens is 3. The third kappa shape index (κ3) is 6.60. The quantitative estimate of drug-likeness (QED) is 0.497. The van der Waals surface area contributed by atoms with Crippen LogP contribution in [-0.2, 0) is 26.2 Å². The Balaban J connectivity index is 2.47. The van der Waals surface area contributed by atoms with Crippen molar-refractivity contribution in [1.82, 2.24) is 10.2 Å². The molecule has 2 amide bonds. The molecule has 1 N–H and O–H groups in total. The van der Waals surface area contributed by atoms with E-state index < -0.39 is 28.5 Å². The van der Waals surface area contributed by atoms with Gasteiger partial charge in [-0.2, -0.15) is 0 Å². The first kappa shape index (κ1) is 26.4. The summed E-state index contributed by atoms with van der Waals surface area (Å²) in [5, 5.41) is 3.24. The van der Waals surface area contributed by atoms with E-state index >= 15 is 0 Å². The van der Waals surface area contributed by atoms with E-state index in [1.165, 1.54) is 11.9 Å². The molecule has 2 aromatic rings. The van der Waals surface area contributed by atoms with Gasteiger partial charge in [-0.25, -0.2) is 8.42 Å². The number of anilines is 1. The maximum absolute atomic E-state index is 13.4. The minimum atomic E-state index is -3.79. The van der Waals surface area contributed by atoms with Gasteiger partial charge in [-0.3, -0.25) is 13.9 Å². The standard InChI is InChI=1S/C21H24BrCl2N3O4S/c1-4-19(21(29)25-2)26(12-16-17(23)6-5-7-18(16)24)20(28)13-27(32(3,30)31)15-10-8-14(22)9-11-15/h5-11,19H,4,12-13H2,1-3H3,(H,25,29). The highest BCUT2D eigenvalue weighted by molar-refractivity contribution is 9.10. The molecule has 7 nitrogen and oxygen atoms in total. The number of amides is 2. The number of nitrogens with zero attached hydrogens (tertiary/aromatic N) is 2. The van der Waals surface area contributed by atoms with Crippen molar-refractivity contribution in [2.75, 3.05) is 24.2 Å². The molecule has 2 rings (SSSR count). The zero-order valence-corrected chi connectivity index (χ0v) is 21.7. The summed E-state index contributed by atoms with van der Waals surface area (Å²) in [5.74, 6) is -0.941. The van der Waals surface area contributed by atoms with Crippen LogP contribution in [0.4, 0.5) is 5.69 Å². The average Bonchev–Trinajstić information content (AvgIpc) is 2.73. The Bertz CT molecular complexity index is 1060. The highest BCUT2D eigenvalue weighted by Gasteiger charge is 2.32. The van der Waals surface area contributed by atoms with Crippen LogP contribution in [0.15, 0.2) is 46.9 Å². The van der Waals surface area contributed by atoms with Crippen LogP contribution in [0.25, 0.3) is 0 Å². The fourth-order valence-electron chi connectivity index (χ4n) is 3.16. The van der Waals surface area contributed by atoms with E-state index in [-0.39, 0.29) is 12.5 Å². The zero-order valence-electron chi connectivity index (χ0n) is 17.8. The zero-order chi connectivity index (χ0) is 24.1. The Morgan fingerprint density at radius 2 is 1.66 bits per heavy atom. The highest BCUT2D eigenvalue weighted by atomic mass is 79.9. The van der Waals surface area contributed by atoms with Gasteiger partial charge in [-0.05, 0) is 42.8 Å². The first-order valence-corrected chi connectivity index (χ1v) is 13.1. The van der Waals surface area contributed by atoms with Gasteiger partial charge in [0.15, 0.2) is 0 Å². The van der Waals surface area contributed by atoms with Crippen LogP contribution in [0.2, 0.25) is 10.0 Å². The van der Waals surface area contributed by atoms with Crippen molar-refractivity contribution in [3.05, 3.63) is 62.5 Å². The molecule has 0 aromatic heterocycles. The Kier molecular flexibility index (Phi) is 9.39. The Morgan fingerprint density at radius 3 is 2.12 bits per heavy atom. The maximum atomic E-state index is 13.4. The molecule has 0 heterocycles. The molecule has 2 aromatic carbocycles. The number of carbonyl (C=O) groups excluding carboxylic acids is 2. The minimum absolute atomic E-state index is 0.0544. The lowest BCUT2D eigenvalue weighted by molar-refractivity contribution is -0.140. The number of carbonyl (C=O) groups is 2. The summed E-state index contributed by atoms with van der Waals surface area (Å²) >= 11 is 15.9. The van der Waals surface area contributed by atoms with E-state index in [0.717, 1.165) is 15.0 Å². The predicted molar refractivity (Wildman–Crippen MR) is 131 cm³/mol. The van der Waals surface area contributed by atoms with Gasteiger partial charge in [0, 0.05) is 33.7 Å². The third-order valence-electron chi connectivity index (χ3n) is 4.82. The smallest absolute Gasteiger partial charge is 0.244 e. The molecule has 1 atom stereocenters. The van der Waals surface area contributed by atoms with E-state index in [4.69, 9.17) is 23.2 Å². The first-order valence-electron chi connectivity index (χ1n) is 9.66. The summed E-state index contributed by atoms with van der Waals surface area (Å²) in [7, 11) is -2.32. The molecule has 32 heavy (non-hydrogen) atoms. The second-order valence-electron chi connectivity index (χ2n) is 7.01. The number of sulfonamides is 1. The molecular weight excluding hydrogens is 541 g/mol. The predicted octanol–water partition coefficient (Wildman–Crippen LogP) is 4.08. The first-order chi connectivity index (χ1) is 15.0. The van der Waals surface area contributed by atoms with Gasteiger partial charge >= 0.3 is 0 Å². The van der Waals surface area contributed by atoms with Crippen LogP contribution >= 0.6 is 39.1 Å². The van der Waals surface area contributed by atoms with Gasteiger partial charge in [-0.15, -0.1) is 0 Å². The summed E-state index contributed by atoms with van der Waals surface area (Å²) in [6.45, 7) is 1.22. The van der Waals surface area contributed by atoms with Crippen molar-refractivity contribution in [3.63, 3.8) is 0 Å². The fraction of sp³-hybridized carbons (Fsp3) is 0.333. The topological polar surface area (TPSA) is 86.8 Å². The van der Waals surface area contributed by atoms with Crippen molar-refractivity contribution in [2.24, 2.45) is 0 Å². The molecule has 0 saturated carbocycles. The van der Waals surface area contributed by atoms with Gasteiger partial charge in [0.25, 0.3) is 0 Å². The average molecular weight is 565 g/mol. The lowest BCUT2D eigenvalue weighted by Gasteiger charge is -2.33. The molecule has 0 bridgehead atoms. The highest BCUT2D eigenvalue weighted by Crippen LogP contribution is 2.28. The summed E-state index contributed by atoms with van der Waals surface area (Å²) in [5.41, 5.74) is 0.800. The Morgan fingerprint density at radius 1 is 1.09 bits per heavy atom. The molecule has 0 fully saturated rings. The molecule has 0 aliphatic carbocycles. The maximum Gasteiger partial charge on any atom is 0.244 e. The lowest BCUT2D eigenvalue weighted by Crippen LogP contribution is -2.51. The largest absolute Gasteiger partial charge is 0.357 e. The monoisotopic (exact) mass is 563 g/mol. The SMILES string of the molecule is CCC(C(=O)NC)N(Cc1c(Cl)cccc1Cl)C(=O)CN(c1ccc(Br)cc1)S(C)(=O)=O. The molecule has 11 heteroatoms. The molecule has 0 spiro atoms. The van der Waals surface area contributed by atoms with Crippen molar-refractivity contribution in [1.29, 1.82) is 0 Å². The number of hydrogen-bond acceptors (Lipinski definition) is 4. The summed E-state index contributed by atoms with van der Waals surface area (Å²) in [6.07, 6.45) is 1.33. The molecular formula is C21H24BrCl2N3O4S. The van der Waals surface area contributed by atoms with Gasteiger partial charge < -0.3 is 10.2 Å². The number of likely N-dealkylation sites (N-methyl/N-ethyl adjacent to an activating group) is 1. The van der Waals surface area contributed by atoms with E-state index in [2.05, 4.69) is 21.2 Å². The van der Waals surface area contributed by atoms with E-state index in [1.54, 1.807) is 49.4 Å². The second-order valence-corrected chi connectivity index (χ2v) is 10.6. The summed E-state index contributed by atoms with van der Waals surface area (Å²) in [4.78, 5) is 27.3. The third-order valence-corrected chi connectivity index (χ3v) is 7.19. The molecule has 174 valence electrons. The van der Waals surface area contributed by atoms with Crippen LogP contribution in [0.1, 0.15) is 18.9 Å². The van der Waals surface area contributed by atoms with E-state index in [0.29, 0.717) is 27.7 Å². The minimum Gasteiger partial charge on any atom is -0.357 e. The van der Waals surface area contributed by atoms with Gasteiger partial charge in [0.2, 0.25) is 21.8 Å². The van der Waals surface area contributed by atoms with Gasteiger partial charge in [-0.1, -0.05) is 52.1 Å². The molecule has 0 saturated heterocycles. The Labute approximate surface area is 206 Å². The summed E-state index contributed by atoms with van der Waals surface area (Å²) in [6, 6.07) is 10.6. The number of benzene rings is 2. The normalized spacial score (nSPS) is 12.2. The fourth-order valence-corrected chi connectivity index (χ4v) is 4.79. The molecule has 1 unspecified atom stereocenters. The molecule has 0 aliphatic rings. The van der Waals surface area contributed by atoms with Crippen LogP contribution in [0.3, 0.4) is 0 Å². The second kappa shape index (κ2) is 11.4. The van der Waals surface area contributed by atoms with E-state index in [1.807, 2.05) is 0 Å². The molecule has 0 aliphatic heterocycles. The van der Waals surface area contributed by atoms with E-state index in [9.17, 15) is 18.0 Å². The van der Waals surface area contributed by atoms with Crippen molar-refractivity contribution >= 4 is 66.7 Å². The number of rotatable bonds is 9.